The van der Waals surface area contributed by atoms with E-state index >= 15 is 0 Å². The van der Waals surface area contributed by atoms with Crippen molar-refractivity contribution in [2.24, 2.45) is 0 Å². The summed E-state index contributed by atoms with van der Waals surface area (Å²) >= 11 is 0. The molecule has 0 saturated carbocycles. The van der Waals surface area contributed by atoms with Crippen LogP contribution in [0, 0.1) is 6.92 Å². The molecular formula is C33H40N2O4. The van der Waals surface area contributed by atoms with Gasteiger partial charge in [-0.05, 0) is 76.0 Å². The first-order chi connectivity index (χ1) is 19.1. The third-order valence-electron chi connectivity index (χ3n) is 7.99. The Hall–Kier alpha value is -3.51. The standard InChI is InChI=1S/C33H40N2O4/c1-4-35(5-2)33(36)39-28-16-17-29-31(22-28)38-23-30(25-10-8-24(3)9-11-25)32(29)26-12-14-27(15-13-26)37-21-20-34-18-6-7-19-34/h8-17,22,30,32H,4-7,18-21,23H2,1-3H3/t30-,32-/m0/s1. The molecule has 2 atom stereocenters. The lowest BCUT2D eigenvalue weighted by atomic mass is 9.76. The molecule has 0 spiro atoms. The summed E-state index contributed by atoms with van der Waals surface area (Å²) in [5, 5.41) is 0. The molecule has 206 valence electrons. The van der Waals surface area contributed by atoms with Crippen LogP contribution in [0.2, 0.25) is 0 Å². The molecule has 3 aromatic carbocycles. The van der Waals surface area contributed by atoms with Crippen molar-refractivity contribution in [3.05, 3.63) is 89.0 Å². The van der Waals surface area contributed by atoms with E-state index in [-0.39, 0.29) is 17.9 Å². The molecule has 6 heteroatoms. The molecule has 6 nitrogen and oxygen atoms in total. The van der Waals surface area contributed by atoms with Gasteiger partial charge in [-0.3, -0.25) is 4.90 Å². The Morgan fingerprint density at radius 1 is 0.923 bits per heavy atom. The summed E-state index contributed by atoms with van der Waals surface area (Å²) in [6.07, 6.45) is 2.25. The van der Waals surface area contributed by atoms with E-state index in [4.69, 9.17) is 14.2 Å². The molecule has 5 rings (SSSR count). The van der Waals surface area contributed by atoms with Gasteiger partial charge in [0.1, 0.15) is 23.9 Å². The smallest absolute Gasteiger partial charge is 0.415 e. The van der Waals surface area contributed by atoms with Crippen molar-refractivity contribution in [2.75, 3.05) is 45.9 Å². The van der Waals surface area contributed by atoms with Crippen molar-refractivity contribution in [3.63, 3.8) is 0 Å². The highest BCUT2D eigenvalue weighted by Gasteiger charge is 2.34. The number of amides is 1. The molecule has 0 aliphatic carbocycles. The Morgan fingerprint density at radius 2 is 1.59 bits per heavy atom. The normalized spacial score (nSPS) is 18.7. The number of fused-ring (bicyclic) bond motifs is 1. The van der Waals surface area contributed by atoms with Crippen molar-refractivity contribution in [1.29, 1.82) is 0 Å². The van der Waals surface area contributed by atoms with E-state index in [1.165, 1.54) is 42.6 Å². The lowest BCUT2D eigenvalue weighted by Gasteiger charge is -2.35. The summed E-state index contributed by atoms with van der Waals surface area (Å²) in [6.45, 7) is 11.8. The first-order valence-corrected chi connectivity index (χ1v) is 14.3. The molecule has 0 bridgehead atoms. The summed E-state index contributed by atoms with van der Waals surface area (Å²) < 4.78 is 18.0. The molecule has 2 aliphatic heterocycles. The predicted molar refractivity (Wildman–Crippen MR) is 154 cm³/mol. The van der Waals surface area contributed by atoms with Crippen molar-refractivity contribution in [3.8, 4) is 17.2 Å². The second kappa shape index (κ2) is 12.6. The number of carbonyl (C=O) groups is 1. The SMILES string of the molecule is CCN(CC)C(=O)Oc1ccc2c(c1)OC[C@@H](c1ccc(C)cc1)[C@H]2c1ccc(OCCN2CCCC2)cc1. The third-order valence-corrected chi connectivity index (χ3v) is 7.99. The van der Waals surface area contributed by atoms with Crippen LogP contribution in [-0.4, -0.2) is 61.8 Å². The predicted octanol–water partition coefficient (Wildman–Crippen LogP) is 6.62. The quantitative estimate of drug-likeness (QED) is 0.312. The number of carbonyl (C=O) groups excluding carboxylic acids is 1. The highest BCUT2D eigenvalue weighted by atomic mass is 16.6. The molecular weight excluding hydrogens is 488 g/mol. The Morgan fingerprint density at radius 3 is 2.28 bits per heavy atom. The summed E-state index contributed by atoms with van der Waals surface area (Å²) in [6, 6.07) is 23.0. The van der Waals surface area contributed by atoms with E-state index in [0.29, 0.717) is 32.1 Å². The van der Waals surface area contributed by atoms with Crippen molar-refractivity contribution >= 4 is 6.09 Å². The van der Waals surface area contributed by atoms with Crippen molar-refractivity contribution < 1.29 is 19.0 Å². The fourth-order valence-electron chi connectivity index (χ4n) is 5.68. The van der Waals surface area contributed by atoms with Crippen LogP contribution in [0.1, 0.15) is 60.8 Å². The van der Waals surface area contributed by atoms with E-state index in [1.54, 1.807) is 4.90 Å². The topological polar surface area (TPSA) is 51.2 Å². The van der Waals surface area contributed by atoms with Gasteiger partial charge < -0.3 is 19.1 Å². The first-order valence-electron chi connectivity index (χ1n) is 14.3. The lowest BCUT2D eigenvalue weighted by molar-refractivity contribution is 0.157. The van der Waals surface area contributed by atoms with Gasteiger partial charge in [0.15, 0.2) is 0 Å². The number of ether oxygens (including phenoxy) is 3. The largest absolute Gasteiger partial charge is 0.492 e. The average molecular weight is 529 g/mol. The van der Waals surface area contributed by atoms with Gasteiger partial charge in [0.05, 0.1) is 6.61 Å². The van der Waals surface area contributed by atoms with Crippen LogP contribution in [0.5, 0.6) is 17.2 Å². The minimum atomic E-state index is -0.342. The van der Waals surface area contributed by atoms with Crippen molar-refractivity contribution in [1.82, 2.24) is 9.80 Å². The first kappa shape index (κ1) is 27.1. The highest BCUT2D eigenvalue weighted by molar-refractivity contribution is 5.71. The van der Waals surface area contributed by atoms with Gasteiger partial charge in [-0.15, -0.1) is 0 Å². The molecule has 2 heterocycles. The Labute approximate surface area is 232 Å². The van der Waals surface area contributed by atoms with Crippen LogP contribution in [-0.2, 0) is 0 Å². The monoisotopic (exact) mass is 528 g/mol. The van der Waals surface area contributed by atoms with Crippen molar-refractivity contribution in [2.45, 2.75) is 45.4 Å². The second-order valence-electron chi connectivity index (χ2n) is 10.5. The molecule has 39 heavy (non-hydrogen) atoms. The lowest BCUT2D eigenvalue weighted by Crippen LogP contribution is -2.33. The van der Waals surface area contributed by atoms with Crippen LogP contribution in [0.15, 0.2) is 66.7 Å². The number of aryl methyl sites for hydroxylation is 1. The maximum absolute atomic E-state index is 12.5. The maximum atomic E-state index is 12.5. The zero-order valence-electron chi connectivity index (χ0n) is 23.4. The van der Waals surface area contributed by atoms with Gasteiger partial charge >= 0.3 is 6.09 Å². The fraction of sp³-hybridized carbons (Fsp3) is 0.424. The van der Waals surface area contributed by atoms with Crippen LogP contribution in [0.4, 0.5) is 4.79 Å². The van der Waals surface area contributed by atoms with Crippen LogP contribution in [0.3, 0.4) is 0 Å². The van der Waals surface area contributed by atoms with Gasteiger partial charge in [-0.2, -0.15) is 0 Å². The van der Waals surface area contributed by atoms with Crippen LogP contribution >= 0.6 is 0 Å². The zero-order valence-corrected chi connectivity index (χ0v) is 23.4. The van der Waals surface area contributed by atoms with Gasteiger partial charge in [0.25, 0.3) is 0 Å². The molecule has 1 fully saturated rings. The van der Waals surface area contributed by atoms with E-state index in [2.05, 4.69) is 60.4 Å². The van der Waals surface area contributed by atoms with E-state index in [9.17, 15) is 4.79 Å². The molecule has 1 saturated heterocycles. The minimum absolute atomic E-state index is 0.0997. The number of hydrogen-bond donors (Lipinski definition) is 0. The molecule has 0 aromatic heterocycles. The summed E-state index contributed by atoms with van der Waals surface area (Å²) in [5.74, 6) is 2.42. The molecule has 2 aliphatic rings. The van der Waals surface area contributed by atoms with E-state index in [1.807, 2.05) is 32.0 Å². The Bertz CT molecular complexity index is 1230. The van der Waals surface area contributed by atoms with Crippen LogP contribution < -0.4 is 14.2 Å². The summed E-state index contributed by atoms with van der Waals surface area (Å²) in [7, 11) is 0. The van der Waals surface area contributed by atoms with Gasteiger partial charge in [0.2, 0.25) is 0 Å². The second-order valence-corrected chi connectivity index (χ2v) is 10.5. The highest BCUT2D eigenvalue weighted by Crippen LogP contribution is 2.47. The maximum Gasteiger partial charge on any atom is 0.415 e. The number of rotatable bonds is 9. The van der Waals surface area contributed by atoms with Gasteiger partial charge in [0, 0.05) is 43.1 Å². The molecule has 0 unspecified atom stereocenters. The number of likely N-dealkylation sites (tertiary alicyclic amines) is 1. The van der Waals surface area contributed by atoms with E-state index in [0.717, 1.165) is 23.6 Å². The molecule has 1 amide bonds. The van der Waals surface area contributed by atoms with Crippen LogP contribution in [0.25, 0.3) is 0 Å². The minimum Gasteiger partial charge on any atom is -0.492 e. The summed E-state index contributed by atoms with van der Waals surface area (Å²) in [4.78, 5) is 16.6. The molecule has 0 N–H and O–H groups in total. The van der Waals surface area contributed by atoms with Gasteiger partial charge in [-0.25, -0.2) is 4.79 Å². The number of nitrogens with zero attached hydrogens (tertiary/aromatic N) is 2. The number of benzene rings is 3. The fourth-order valence-corrected chi connectivity index (χ4v) is 5.68. The average Bonchev–Trinajstić information content (AvgIpc) is 3.48. The Kier molecular flexibility index (Phi) is 8.72. The Balaban J connectivity index is 1.39. The third kappa shape index (κ3) is 6.39. The summed E-state index contributed by atoms with van der Waals surface area (Å²) in [5.41, 5.74) is 4.80. The zero-order chi connectivity index (χ0) is 27.2. The van der Waals surface area contributed by atoms with E-state index < -0.39 is 0 Å². The number of hydrogen-bond acceptors (Lipinski definition) is 5. The molecule has 0 radical (unpaired) electrons. The van der Waals surface area contributed by atoms with Gasteiger partial charge in [-0.1, -0.05) is 48.0 Å². The molecule has 3 aromatic rings.